The Morgan fingerprint density at radius 3 is 2.61 bits per heavy atom. The van der Waals surface area contributed by atoms with E-state index in [1.165, 1.54) is 54.9 Å². The summed E-state index contributed by atoms with van der Waals surface area (Å²) in [4.78, 5) is 55.4. The lowest BCUT2D eigenvalue weighted by Gasteiger charge is -2.15. The second-order valence-corrected chi connectivity index (χ2v) is 9.60. The molecule has 0 radical (unpaired) electrons. The number of para-hydroxylation sites is 1. The van der Waals surface area contributed by atoms with E-state index < -0.39 is 23.9 Å². The van der Waals surface area contributed by atoms with E-state index in [1.54, 1.807) is 4.68 Å². The number of esters is 2. The number of rotatable bonds is 6. The number of ether oxygens (including phenoxy) is 2. The Morgan fingerprint density at radius 2 is 1.87 bits per heavy atom. The van der Waals surface area contributed by atoms with Crippen LogP contribution in [0.15, 0.2) is 58.6 Å². The second-order valence-electron chi connectivity index (χ2n) is 8.61. The van der Waals surface area contributed by atoms with Gasteiger partial charge in [-0.3, -0.25) is 14.2 Å². The number of fused-ring (bicyclic) bond motifs is 2. The predicted octanol–water partition coefficient (Wildman–Crippen LogP) is 3.14. The Balaban J connectivity index is 1.43. The molecule has 1 aliphatic heterocycles. The zero-order valence-electron chi connectivity index (χ0n) is 20.8. The smallest absolute Gasteiger partial charge is 0.339 e. The molecule has 0 saturated carbocycles. The Hall–Kier alpha value is -4.45. The largest absolute Gasteiger partial charge is 0.465 e. The topological polar surface area (TPSA) is 134 Å². The molecule has 4 aromatic rings. The van der Waals surface area contributed by atoms with E-state index in [2.05, 4.69) is 10.4 Å². The zero-order chi connectivity index (χ0) is 27.0. The highest BCUT2D eigenvalue weighted by molar-refractivity contribution is 7.99. The summed E-state index contributed by atoms with van der Waals surface area (Å²) in [6.07, 6.45) is 1.44. The number of aryl methyl sites for hydroxylation is 1. The van der Waals surface area contributed by atoms with E-state index in [0.717, 1.165) is 11.3 Å². The van der Waals surface area contributed by atoms with E-state index in [4.69, 9.17) is 14.5 Å². The van der Waals surface area contributed by atoms with Crippen LogP contribution in [-0.2, 0) is 14.3 Å². The fraction of sp³-hybridized carbons (Fsp3) is 0.231. The molecule has 0 saturated heterocycles. The number of thioether (sulfide) groups is 1. The third-order valence-corrected chi connectivity index (χ3v) is 7.35. The molecule has 0 bridgehead atoms. The molecule has 1 amide bonds. The second kappa shape index (κ2) is 10.1. The van der Waals surface area contributed by atoms with E-state index >= 15 is 0 Å². The van der Waals surface area contributed by atoms with Gasteiger partial charge in [0, 0.05) is 12.2 Å². The molecule has 1 N–H and O–H groups in total. The monoisotopic (exact) mass is 533 g/mol. The number of nitrogens with zero attached hydrogens (tertiary/aromatic N) is 4. The highest BCUT2D eigenvalue weighted by Gasteiger charge is 2.30. The standard InChI is InChI=1S/C26H23N5O6S/c1-14-6-4-5-7-20(14)31-22-18(12-27-31)23(33)30-16(13-38-26(30)29-22)11-21(32)28-19-10-15(24(34)36-2)8-9-17(19)25(35)37-3/h4-10,12,16H,11,13H2,1-3H3,(H,28,32). The van der Waals surface area contributed by atoms with Crippen molar-refractivity contribution in [1.29, 1.82) is 0 Å². The number of anilines is 1. The van der Waals surface area contributed by atoms with Gasteiger partial charge in [-0.1, -0.05) is 30.0 Å². The van der Waals surface area contributed by atoms with E-state index in [0.29, 0.717) is 21.9 Å². The van der Waals surface area contributed by atoms with Gasteiger partial charge in [0.25, 0.3) is 5.56 Å². The highest BCUT2D eigenvalue weighted by Crippen LogP contribution is 2.34. The van der Waals surface area contributed by atoms with Crippen molar-refractivity contribution in [3.63, 3.8) is 0 Å². The van der Waals surface area contributed by atoms with E-state index in [-0.39, 0.29) is 28.8 Å². The predicted molar refractivity (Wildman–Crippen MR) is 140 cm³/mol. The molecule has 0 aliphatic carbocycles. The molecule has 1 atom stereocenters. The molecule has 11 nitrogen and oxygen atoms in total. The molecule has 1 aliphatic rings. The van der Waals surface area contributed by atoms with Gasteiger partial charge in [-0.2, -0.15) is 5.10 Å². The van der Waals surface area contributed by atoms with Gasteiger partial charge < -0.3 is 14.8 Å². The summed E-state index contributed by atoms with van der Waals surface area (Å²) in [5.74, 6) is -1.28. The van der Waals surface area contributed by atoms with Gasteiger partial charge in [0.1, 0.15) is 5.39 Å². The fourth-order valence-electron chi connectivity index (χ4n) is 4.35. The van der Waals surface area contributed by atoms with Crippen molar-refractivity contribution in [1.82, 2.24) is 19.3 Å². The van der Waals surface area contributed by atoms with Crippen LogP contribution in [0.3, 0.4) is 0 Å². The Morgan fingerprint density at radius 1 is 1.11 bits per heavy atom. The lowest BCUT2D eigenvalue weighted by molar-refractivity contribution is -0.116. The zero-order valence-corrected chi connectivity index (χ0v) is 21.6. The number of hydrogen-bond acceptors (Lipinski definition) is 9. The third-order valence-electron chi connectivity index (χ3n) is 6.26. The Labute approximate surface area is 220 Å². The average molecular weight is 534 g/mol. The van der Waals surface area contributed by atoms with Crippen LogP contribution in [-0.4, -0.2) is 57.1 Å². The average Bonchev–Trinajstić information content (AvgIpc) is 3.52. The van der Waals surface area contributed by atoms with Gasteiger partial charge in [0.2, 0.25) is 5.91 Å². The summed E-state index contributed by atoms with van der Waals surface area (Å²) < 4.78 is 12.7. The summed E-state index contributed by atoms with van der Waals surface area (Å²) in [6.45, 7) is 1.96. The molecular formula is C26H23N5O6S. The number of carbonyl (C=O) groups is 3. The number of amides is 1. The maximum Gasteiger partial charge on any atom is 0.339 e. The molecule has 2 aromatic heterocycles. The van der Waals surface area contributed by atoms with Crippen LogP contribution in [0.25, 0.3) is 16.7 Å². The summed E-state index contributed by atoms with van der Waals surface area (Å²) >= 11 is 1.38. The first-order valence-corrected chi connectivity index (χ1v) is 12.6. The van der Waals surface area contributed by atoms with Crippen LogP contribution in [0.1, 0.15) is 38.7 Å². The van der Waals surface area contributed by atoms with Crippen molar-refractivity contribution < 1.29 is 23.9 Å². The summed E-state index contributed by atoms with van der Waals surface area (Å²) in [6, 6.07) is 11.4. The van der Waals surface area contributed by atoms with Crippen LogP contribution in [0.4, 0.5) is 5.69 Å². The van der Waals surface area contributed by atoms with Crippen LogP contribution < -0.4 is 10.9 Å². The molecule has 1 unspecified atom stereocenters. The quantitative estimate of drug-likeness (QED) is 0.293. The van der Waals surface area contributed by atoms with Crippen molar-refractivity contribution in [2.75, 3.05) is 25.3 Å². The van der Waals surface area contributed by atoms with Gasteiger partial charge in [0.15, 0.2) is 10.8 Å². The van der Waals surface area contributed by atoms with Crippen LogP contribution in [0.5, 0.6) is 0 Å². The molecule has 5 rings (SSSR count). The number of benzene rings is 2. The third kappa shape index (κ3) is 4.43. The summed E-state index contributed by atoms with van der Waals surface area (Å²) in [5.41, 5.74) is 2.34. The van der Waals surface area contributed by atoms with Crippen molar-refractivity contribution in [2.24, 2.45) is 0 Å². The van der Waals surface area contributed by atoms with Crippen molar-refractivity contribution in [3.8, 4) is 5.69 Å². The van der Waals surface area contributed by atoms with Gasteiger partial charge in [0.05, 0.1) is 49.0 Å². The highest BCUT2D eigenvalue weighted by atomic mass is 32.2. The van der Waals surface area contributed by atoms with Crippen molar-refractivity contribution >= 4 is 46.3 Å². The number of carbonyl (C=O) groups excluding carboxylic acids is 3. The molecule has 2 aromatic carbocycles. The number of methoxy groups -OCH3 is 2. The van der Waals surface area contributed by atoms with Gasteiger partial charge >= 0.3 is 11.9 Å². The minimum atomic E-state index is -0.674. The van der Waals surface area contributed by atoms with Crippen LogP contribution in [0, 0.1) is 6.92 Å². The van der Waals surface area contributed by atoms with Gasteiger partial charge in [-0.05, 0) is 36.8 Å². The molecular weight excluding hydrogens is 510 g/mol. The molecule has 12 heteroatoms. The molecule has 0 spiro atoms. The first-order chi connectivity index (χ1) is 18.3. The van der Waals surface area contributed by atoms with Crippen LogP contribution >= 0.6 is 11.8 Å². The summed E-state index contributed by atoms with van der Waals surface area (Å²) in [7, 11) is 2.45. The molecule has 0 fully saturated rings. The lowest BCUT2D eigenvalue weighted by atomic mass is 10.1. The fourth-order valence-corrected chi connectivity index (χ4v) is 5.48. The maximum atomic E-state index is 13.4. The van der Waals surface area contributed by atoms with Crippen molar-refractivity contribution in [3.05, 3.63) is 75.7 Å². The summed E-state index contributed by atoms with van der Waals surface area (Å²) in [5, 5.41) is 7.94. The molecule has 38 heavy (non-hydrogen) atoms. The first kappa shape index (κ1) is 25.2. The maximum absolute atomic E-state index is 13.4. The van der Waals surface area contributed by atoms with Crippen LogP contribution in [0.2, 0.25) is 0 Å². The van der Waals surface area contributed by atoms with Gasteiger partial charge in [-0.25, -0.2) is 19.3 Å². The minimum Gasteiger partial charge on any atom is -0.465 e. The normalized spacial score (nSPS) is 14.2. The minimum absolute atomic E-state index is 0.0535. The van der Waals surface area contributed by atoms with E-state index in [1.807, 2.05) is 31.2 Å². The van der Waals surface area contributed by atoms with Gasteiger partial charge in [-0.15, -0.1) is 0 Å². The molecule has 3 heterocycles. The lowest BCUT2D eigenvalue weighted by Crippen LogP contribution is -2.28. The Kier molecular flexibility index (Phi) is 6.72. The number of aromatic nitrogens is 4. The van der Waals surface area contributed by atoms with E-state index in [9.17, 15) is 19.2 Å². The first-order valence-electron chi connectivity index (χ1n) is 11.6. The Bertz CT molecular complexity index is 1660. The molecule has 194 valence electrons. The number of hydrogen-bond donors (Lipinski definition) is 1. The SMILES string of the molecule is COC(=O)c1ccc(C(=O)OC)c(NC(=O)CC2CSc3nc4c(cnn4-c4ccccc4C)c(=O)n32)c1. The van der Waals surface area contributed by atoms with Crippen molar-refractivity contribution in [2.45, 2.75) is 24.5 Å². The number of nitrogens with one attached hydrogen (secondary N) is 1.